The summed E-state index contributed by atoms with van der Waals surface area (Å²) >= 11 is 0. The zero-order valence-electron chi connectivity index (χ0n) is 16.4. The lowest BCUT2D eigenvalue weighted by Gasteiger charge is -2.18. The maximum Gasteiger partial charge on any atom is 0.295 e. The van der Waals surface area contributed by atoms with Crippen LogP contribution in [0.15, 0.2) is 63.7 Å². The summed E-state index contributed by atoms with van der Waals surface area (Å²) in [6.45, 7) is 4.16. The van der Waals surface area contributed by atoms with Crippen LogP contribution in [0.4, 0.5) is 5.69 Å². The van der Waals surface area contributed by atoms with Gasteiger partial charge in [-0.2, -0.15) is 4.31 Å². The van der Waals surface area contributed by atoms with Crippen LogP contribution in [0.1, 0.15) is 24.2 Å². The van der Waals surface area contributed by atoms with Crippen molar-refractivity contribution in [3.8, 4) is 5.88 Å². The molecule has 0 spiro atoms. The summed E-state index contributed by atoms with van der Waals surface area (Å²) in [7, 11) is -2.01. The zero-order valence-corrected chi connectivity index (χ0v) is 17.2. The van der Waals surface area contributed by atoms with Crippen LogP contribution in [0.3, 0.4) is 0 Å². The van der Waals surface area contributed by atoms with E-state index in [-0.39, 0.29) is 22.0 Å². The van der Waals surface area contributed by atoms with Crippen LogP contribution in [-0.2, 0) is 17.1 Å². The fraction of sp³-hybridized carbons (Fsp3) is 0.250. The van der Waals surface area contributed by atoms with Crippen molar-refractivity contribution >= 4 is 32.5 Å². The summed E-state index contributed by atoms with van der Waals surface area (Å²) in [4.78, 5) is 12.5. The number of hydrogen-bond donors (Lipinski definition) is 1. The van der Waals surface area contributed by atoms with E-state index in [0.717, 1.165) is 5.52 Å². The van der Waals surface area contributed by atoms with Gasteiger partial charge in [0.25, 0.3) is 5.91 Å². The number of para-hydroxylation sites is 1. The lowest BCUT2D eigenvalue weighted by molar-refractivity contribution is 0.0995. The number of carbonyl (C=O) groups excluding carboxylic acids is 1. The Labute approximate surface area is 169 Å². The average molecular weight is 414 g/mol. The first-order valence-electron chi connectivity index (χ1n) is 9.13. The number of carbonyl (C=O) groups is 1. The highest BCUT2D eigenvalue weighted by molar-refractivity contribution is 7.89. The molecule has 1 aromatic heterocycles. The van der Waals surface area contributed by atoms with Crippen LogP contribution >= 0.6 is 0 Å². The fourth-order valence-corrected chi connectivity index (χ4v) is 4.62. The molecule has 0 aliphatic carbocycles. The van der Waals surface area contributed by atoms with E-state index in [1.54, 1.807) is 37.6 Å². The van der Waals surface area contributed by atoms with E-state index in [2.05, 4.69) is 10.2 Å². The second-order valence-electron chi connectivity index (χ2n) is 6.37. The van der Waals surface area contributed by atoms with Crippen molar-refractivity contribution in [1.82, 2.24) is 8.87 Å². The second-order valence-corrected chi connectivity index (χ2v) is 8.31. The number of rotatable bonds is 6. The van der Waals surface area contributed by atoms with E-state index in [1.165, 1.54) is 28.6 Å². The molecule has 1 amide bonds. The molecule has 3 aromatic rings. The Morgan fingerprint density at radius 1 is 1.10 bits per heavy atom. The van der Waals surface area contributed by atoms with Crippen LogP contribution < -0.4 is 0 Å². The predicted molar refractivity (Wildman–Crippen MR) is 110 cm³/mol. The third-order valence-corrected chi connectivity index (χ3v) is 6.76. The largest absolute Gasteiger partial charge is 0.493 e. The molecule has 0 aliphatic rings. The van der Waals surface area contributed by atoms with Gasteiger partial charge in [-0.05, 0) is 24.3 Å². The Balaban J connectivity index is 1.94. The minimum atomic E-state index is -3.69. The van der Waals surface area contributed by atoms with Gasteiger partial charge in [0.15, 0.2) is 5.69 Å². The van der Waals surface area contributed by atoms with E-state index in [1.807, 2.05) is 12.1 Å². The molecule has 0 atom stereocenters. The van der Waals surface area contributed by atoms with Crippen molar-refractivity contribution < 1.29 is 18.3 Å². The molecule has 0 fully saturated rings. The van der Waals surface area contributed by atoms with Crippen molar-refractivity contribution in [2.75, 3.05) is 13.1 Å². The molecule has 8 nitrogen and oxygen atoms in total. The molecule has 3 rings (SSSR count). The van der Waals surface area contributed by atoms with Gasteiger partial charge in [0, 0.05) is 31.1 Å². The number of amides is 1. The highest BCUT2D eigenvalue weighted by atomic mass is 32.2. The molecule has 0 unspecified atom stereocenters. The Bertz CT molecular complexity index is 1190. The minimum Gasteiger partial charge on any atom is -0.493 e. The van der Waals surface area contributed by atoms with E-state index >= 15 is 0 Å². The molecule has 0 aliphatic heterocycles. The molecule has 0 saturated heterocycles. The van der Waals surface area contributed by atoms with Crippen LogP contribution in [-0.4, -0.2) is 41.4 Å². The molecule has 1 heterocycles. The molecule has 2 aromatic carbocycles. The Morgan fingerprint density at radius 3 is 2.48 bits per heavy atom. The molecule has 0 saturated carbocycles. The van der Waals surface area contributed by atoms with E-state index in [0.29, 0.717) is 18.5 Å². The van der Waals surface area contributed by atoms with Gasteiger partial charge < -0.3 is 9.67 Å². The quantitative estimate of drug-likeness (QED) is 0.619. The first kappa shape index (κ1) is 20.7. The molecule has 152 valence electrons. The van der Waals surface area contributed by atoms with E-state index in [4.69, 9.17) is 0 Å². The third kappa shape index (κ3) is 3.79. The van der Waals surface area contributed by atoms with Crippen molar-refractivity contribution in [1.29, 1.82) is 0 Å². The van der Waals surface area contributed by atoms with Crippen molar-refractivity contribution in [3.05, 3.63) is 54.1 Å². The summed E-state index contributed by atoms with van der Waals surface area (Å²) in [6, 6.07) is 12.9. The van der Waals surface area contributed by atoms with Crippen LogP contribution in [0.2, 0.25) is 0 Å². The average Bonchev–Trinajstić information content (AvgIpc) is 2.97. The fourth-order valence-electron chi connectivity index (χ4n) is 3.11. The van der Waals surface area contributed by atoms with Crippen LogP contribution in [0, 0.1) is 0 Å². The summed E-state index contributed by atoms with van der Waals surface area (Å²) in [6.07, 6.45) is 0. The molecule has 9 heteroatoms. The maximum atomic E-state index is 12.7. The maximum absolute atomic E-state index is 12.7. The number of hydrogen-bond acceptors (Lipinski definition) is 5. The topological polar surface area (TPSA) is 104 Å². The number of aromatic hydroxyl groups is 1. The van der Waals surface area contributed by atoms with E-state index < -0.39 is 15.9 Å². The minimum absolute atomic E-state index is 0.0234. The standard InChI is InChI=1S/C20H22N4O4S/c1-4-24(5-2)29(27,28)15-10-8-9-14(13-15)19(25)22-21-18-16-11-6-7-12-17(16)23(3)20(18)26/h6-13,26H,4-5H2,1-3H3. The summed E-state index contributed by atoms with van der Waals surface area (Å²) in [5, 5.41) is 18.6. The number of aryl methyl sites for hydroxylation is 1. The first-order chi connectivity index (χ1) is 13.8. The Kier molecular flexibility index (Phi) is 5.81. The van der Waals surface area contributed by atoms with Crippen molar-refractivity contribution in [2.24, 2.45) is 17.3 Å². The SMILES string of the molecule is CCN(CC)S(=O)(=O)c1cccc(C(=O)N=Nc2c(O)n(C)c3ccccc23)c1. The highest BCUT2D eigenvalue weighted by Gasteiger charge is 2.22. The molecule has 29 heavy (non-hydrogen) atoms. The molecular weight excluding hydrogens is 392 g/mol. The van der Waals surface area contributed by atoms with Gasteiger partial charge in [-0.3, -0.25) is 4.79 Å². The number of azo groups is 1. The predicted octanol–water partition coefficient (Wildman–Crippen LogP) is 3.84. The Hall–Kier alpha value is -3.04. The number of sulfonamides is 1. The lowest BCUT2D eigenvalue weighted by atomic mass is 10.2. The monoisotopic (exact) mass is 414 g/mol. The van der Waals surface area contributed by atoms with Gasteiger partial charge >= 0.3 is 0 Å². The molecule has 0 radical (unpaired) electrons. The second kappa shape index (κ2) is 8.14. The van der Waals surface area contributed by atoms with Crippen LogP contribution in [0.25, 0.3) is 10.9 Å². The third-order valence-electron chi connectivity index (χ3n) is 4.72. The summed E-state index contributed by atoms with van der Waals surface area (Å²) < 4.78 is 28.2. The number of nitrogens with zero attached hydrogens (tertiary/aromatic N) is 4. The highest BCUT2D eigenvalue weighted by Crippen LogP contribution is 2.37. The van der Waals surface area contributed by atoms with Gasteiger partial charge in [0.05, 0.1) is 10.4 Å². The normalized spacial score (nSPS) is 12.3. The first-order valence-corrected chi connectivity index (χ1v) is 10.6. The lowest BCUT2D eigenvalue weighted by Crippen LogP contribution is -2.30. The molecular formula is C20H22N4O4S. The van der Waals surface area contributed by atoms with Crippen molar-refractivity contribution in [3.63, 3.8) is 0 Å². The number of aromatic nitrogens is 1. The van der Waals surface area contributed by atoms with Gasteiger partial charge in [0.2, 0.25) is 15.9 Å². The summed E-state index contributed by atoms with van der Waals surface area (Å²) in [5.41, 5.74) is 1.03. The van der Waals surface area contributed by atoms with Gasteiger partial charge in [-0.1, -0.05) is 38.1 Å². The number of benzene rings is 2. The van der Waals surface area contributed by atoms with Gasteiger partial charge in [-0.15, -0.1) is 10.2 Å². The van der Waals surface area contributed by atoms with Crippen molar-refractivity contribution in [2.45, 2.75) is 18.7 Å². The summed E-state index contributed by atoms with van der Waals surface area (Å²) in [5.74, 6) is -0.811. The number of fused-ring (bicyclic) bond motifs is 1. The van der Waals surface area contributed by atoms with Gasteiger partial charge in [0.1, 0.15) is 0 Å². The van der Waals surface area contributed by atoms with E-state index in [9.17, 15) is 18.3 Å². The van der Waals surface area contributed by atoms with Crippen LogP contribution in [0.5, 0.6) is 5.88 Å². The van der Waals surface area contributed by atoms with Gasteiger partial charge in [-0.25, -0.2) is 8.42 Å². The smallest absolute Gasteiger partial charge is 0.295 e. The molecule has 1 N–H and O–H groups in total. The Morgan fingerprint density at radius 2 is 1.79 bits per heavy atom. The zero-order chi connectivity index (χ0) is 21.2. The molecule has 0 bridgehead atoms.